The van der Waals surface area contributed by atoms with E-state index in [1.54, 1.807) is 24.3 Å². The molecule has 0 saturated carbocycles. The van der Waals surface area contributed by atoms with Crippen molar-refractivity contribution in [2.45, 2.75) is 20.3 Å². The molecule has 4 heteroatoms. The van der Waals surface area contributed by atoms with Crippen LogP contribution in [0.2, 0.25) is 0 Å². The van der Waals surface area contributed by atoms with Gasteiger partial charge in [0.1, 0.15) is 0 Å². The SMILES string of the molecule is CC(=O)c1ccc(N2N=C(C)CC2=O)cc1. The van der Waals surface area contributed by atoms with E-state index in [0.29, 0.717) is 17.7 Å². The summed E-state index contributed by atoms with van der Waals surface area (Å²) in [4.78, 5) is 22.6. The lowest BCUT2D eigenvalue weighted by molar-refractivity contribution is -0.116. The van der Waals surface area contributed by atoms with E-state index < -0.39 is 0 Å². The summed E-state index contributed by atoms with van der Waals surface area (Å²) in [6.45, 7) is 3.33. The zero-order valence-electron chi connectivity index (χ0n) is 9.23. The fourth-order valence-corrected chi connectivity index (χ4v) is 1.59. The first-order valence-corrected chi connectivity index (χ1v) is 5.06. The Morgan fingerprint density at radius 1 is 1.31 bits per heavy atom. The smallest absolute Gasteiger partial charge is 0.253 e. The molecule has 0 atom stereocenters. The van der Waals surface area contributed by atoms with Crippen LogP contribution in [0.1, 0.15) is 30.6 Å². The highest BCUT2D eigenvalue weighted by atomic mass is 16.2. The van der Waals surface area contributed by atoms with Crippen molar-refractivity contribution in [3.05, 3.63) is 29.8 Å². The molecule has 0 radical (unpaired) electrons. The van der Waals surface area contributed by atoms with Gasteiger partial charge in [0, 0.05) is 11.3 Å². The molecule has 1 aromatic rings. The molecule has 0 bridgehead atoms. The topological polar surface area (TPSA) is 49.7 Å². The minimum Gasteiger partial charge on any atom is -0.295 e. The quantitative estimate of drug-likeness (QED) is 0.710. The van der Waals surface area contributed by atoms with Crippen LogP contribution in [-0.4, -0.2) is 17.4 Å². The van der Waals surface area contributed by atoms with Gasteiger partial charge in [-0.05, 0) is 38.1 Å². The van der Waals surface area contributed by atoms with Gasteiger partial charge >= 0.3 is 0 Å². The lowest BCUT2D eigenvalue weighted by Gasteiger charge is -2.11. The van der Waals surface area contributed by atoms with E-state index in [4.69, 9.17) is 0 Å². The lowest BCUT2D eigenvalue weighted by atomic mass is 10.1. The van der Waals surface area contributed by atoms with E-state index in [0.717, 1.165) is 5.71 Å². The van der Waals surface area contributed by atoms with Crippen molar-refractivity contribution in [2.24, 2.45) is 5.10 Å². The molecule has 1 heterocycles. The van der Waals surface area contributed by atoms with E-state index in [1.165, 1.54) is 11.9 Å². The Balaban J connectivity index is 2.29. The molecule has 0 spiro atoms. The van der Waals surface area contributed by atoms with Gasteiger partial charge < -0.3 is 0 Å². The maximum absolute atomic E-state index is 11.5. The molecular weight excluding hydrogens is 204 g/mol. The van der Waals surface area contributed by atoms with Crippen LogP contribution in [0, 0.1) is 0 Å². The zero-order valence-corrected chi connectivity index (χ0v) is 9.23. The summed E-state index contributed by atoms with van der Waals surface area (Å²) >= 11 is 0. The molecule has 1 aliphatic heterocycles. The van der Waals surface area contributed by atoms with Crippen molar-refractivity contribution in [3.63, 3.8) is 0 Å². The van der Waals surface area contributed by atoms with E-state index in [9.17, 15) is 9.59 Å². The van der Waals surface area contributed by atoms with Gasteiger partial charge in [-0.15, -0.1) is 0 Å². The number of benzene rings is 1. The molecular formula is C12H12N2O2. The summed E-state index contributed by atoms with van der Waals surface area (Å²) in [5.41, 5.74) is 2.14. The third kappa shape index (κ3) is 1.86. The van der Waals surface area contributed by atoms with Gasteiger partial charge in [0.15, 0.2) is 5.78 Å². The molecule has 1 aromatic carbocycles. The summed E-state index contributed by atoms with van der Waals surface area (Å²) in [6.07, 6.45) is 0.370. The Morgan fingerprint density at radius 3 is 2.38 bits per heavy atom. The fourth-order valence-electron chi connectivity index (χ4n) is 1.59. The highest BCUT2D eigenvalue weighted by Gasteiger charge is 2.22. The highest BCUT2D eigenvalue weighted by Crippen LogP contribution is 2.20. The predicted molar refractivity (Wildman–Crippen MR) is 61.7 cm³/mol. The number of nitrogens with zero attached hydrogens (tertiary/aromatic N) is 2. The Labute approximate surface area is 93.6 Å². The Morgan fingerprint density at radius 2 is 1.94 bits per heavy atom. The number of amides is 1. The Hall–Kier alpha value is -1.97. The number of hydrogen-bond acceptors (Lipinski definition) is 3. The van der Waals surface area contributed by atoms with Crippen molar-refractivity contribution in [1.29, 1.82) is 0 Å². The molecule has 1 amide bonds. The first-order valence-electron chi connectivity index (χ1n) is 5.06. The largest absolute Gasteiger partial charge is 0.295 e. The molecule has 16 heavy (non-hydrogen) atoms. The van der Waals surface area contributed by atoms with Crippen molar-refractivity contribution >= 4 is 23.1 Å². The van der Waals surface area contributed by atoms with Crippen molar-refractivity contribution in [1.82, 2.24) is 0 Å². The molecule has 0 aliphatic carbocycles. The van der Waals surface area contributed by atoms with Gasteiger partial charge in [-0.25, -0.2) is 5.01 Å². The molecule has 82 valence electrons. The average Bonchev–Trinajstić information content (AvgIpc) is 2.58. The highest BCUT2D eigenvalue weighted by molar-refractivity contribution is 6.12. The van der Waals surface area contributed by atoms with E-state index in [2.05, 4.69) is 5.10 Å². The third-order valence-electron chi connectivity index (χ3n) is 2.43. The van der Waals surface area contributed by atoms with Crippen LogP contribution in [0.3, 0.4) is 0 Å². The van der Waals surface area contributed by atoms with Gasteiger partial charge in [-0.1, -0.05) is 0 Å². The van der Waals surface area contributed by atoms with Crippen LogP contribution >= 0.6 is 0 Å². The standard InChI is InChI=1S/C12H12N2O2/c1-8-7-12(16)14(13-8)11-5-3-10(4-6-11)9(2)15/h3-6H,7H2,1-2H3. The van der Waals surface area contributed by atoms with Crippen LogP contribution in [0.25, 0.3) is 0 Å². The summed E-state index contributed by atoms with van der Waals surface area (Å²) in [6, 6.07) is 6.87. The Kier molecular flexibility index (Phi) is 2.56. The van der Waals surface area contributed by atoms with Crippen molar-refractivity contribution in [3.8, 4) is 0 Å². The van der Waals surface area contributed by atoms with Crippen molar-refractivity contribution < 1.29 is 9.59 Å². The number of carbonyl (C=O) groups is 2. The molecule has 4 nitrogen and oxygen atoms in total. The summed E-state index contributed by atoms with van der Waals surface area (Å²) < 4.78 is 0. The van der Waals surface area contributed by atoms with Gasteiger partial charge in [-0.3, -0.25) is 9.59 Å². The first-order chi connectivity index (χ1) is 7.58. The number of hydrazone groups is 1. The second-order valence-corrected chi connectivity index (χ2v) is 3.82. The van der Waals surface area contributed by atoms with Gasteiger partial charge in [0.2, 0.25) is 0 Å². The maximum Gasteiger partial charge on any atom is 0.253 e. The summed E-state index contributed by atoms with van der Waals surface area (Å²) in [5, 5.41) is 5.50. The monoisotopic (exact) mass is 216 g/mol. The number of Topliss-reactive ketones (excluding diaryl/α,β-unsaturated/α-hetero) is 1. The molecule has 0 saturated heterocycles. The van der Waals surface area contributed by atoms with E-state index in [1.807, 2.05) is 6.92 Å². The number of rotatable bonds is 2. The normalized spacial score (nSPS) is 15.2. The molecule has 0 N–H and O–H groups in total. The van der Waals surface area contributed by atoms with Gasteiger partial charge in [-0.2, -0.15) is 5.10 Å². The number of carbonyl (C=O) groups excluding carboxylic acids is 2. The zero-order chi connectivity index (χ0) is 11.7. The van der Waals surface area contributed by atoms with Crippen LogP contribution < -0.4 is 5.01 Å². The molecule has 1 aliphatic rings. The van der Waals surface area contributed by atoms with E-state index in [-0.39, 0.29) is 11.7 Å². The maximum atomic E-state index is 11.5. The van der Waals surface area contributed by atoms with Gasteiger partial charge in [0.25, 0.3) is 5.91 Å². The van der Waals surface area contributed by atoms with E-state index >= 15 is 0 Å². The molecule has 0 aromatic heterocycles. The number of ketones is 1. The lowest BCUT2D eigenvalue weighted by Crippen LogP contribution is -2.19. The van der Waals surface area contributed by atoms with Crippen molar-refractivity contribution in [2.75, 3.05) is 5.01 Å². The van der Waals surface area contributed by atoms with Crippen LogP contribution in [0.5, 0.6) is 0 Å². The third-order valence-corrected chi connectivity index (χ3v) is 2.43. The minimum atomic E-state index is -0.0342. The average molecular weight is 216 g/mol. The molecule has 0 unspecified atom stereocenters. The molecule has 2 rings (SSSR count). The molecule has 0 fully saturated rings. The predicted octanol–water partition coefficient (Wildman–Crippen LogP) is 2.00. The van der Waals surface area contributed by atoms with Crippen LogP contribution in [-0.2, 0) is 4.79 Å². The fraction of sp³-hybridized carbons (Fsp3) is 0.250. The Bertz CT molecular complexity index is 474. The number of anilines is 1. The minimum absolute atomic E-state index is 0.0129. The van der Waals surface area contributed by atoms with Crippen LogP contribution in [0.15, 0.2) is 29.4 Å². The van der Waals surface area contributed by atoms with Crippen LogP contribution in [0.4, 0.5) is 5.69 Å². The first kappa shape index (κ1) is 10.5. The second-order valence-electron chi connectivity index (χ2n) is 3.82. The summed E-state index contributed by atoms with van der Waals surface area (Å²) in [5.74, 6) is -0.0212. The second kappa shape index (κ2) is 3.89. The summed E-state index contributed by atoms with van der Waals surface area (Å²) in [7, 11) is 0. The number of hydrogen-bond donors (Lipinski definition) is 0. The van der Waals surface area contributed by atoms with Gasteiger partial charge in [0.05, 0.1) is 12.1 Å².